The summed E-state index contributed by atoms with van der Waals surface area (Å²) in [7, 11) is 0. The average Bonchev–Trinajstić information content (AvgIpc) is 2.39. The molecule has 0 atom stereocenters. The summed E-state index contributed by atoms with van der Waals surface area (Å²) in [5, 5.41) is 0.893. The summed E-state index contributed by atoms with van der Waals surface area (Å²) >= 11 is 0. The maximum Gasteiger partial charge on any atom is 0.339 e. The van der Waals surface area contributed by atoms with Crippen LogP contribution in [0, 0.1) is 0 Å². The van der Waals surface area contributed by atoms with Gasteiger partial charge in [-0.1, -0.05) is 0 Å². The predicted molar refractivity (Wildman–Crippen MR) is 68.9 cm³/mol. The van der Waals surface area contributed by atoms with Gasteiger partial charge in [-0.3, -0.25) is 4.98 Å². The first-order valence-corrected chi connectivity index (χ1v) is 5.94. The molecule has 0 spiro atoms. The van der Waals surface area contributed by atoms with Crippen LogP contribution in [0.2, 0.25) is 0 Å². The summed E-state index contributed by atoms with van der Waals surface area (Å²) in [4.78, 5) is 15.8. The van der Waals surface area contributed by atoms with Crippen LogP contribution in [-0.2, 0) is 4.74 Å². The van der Waals surface area contributed by atoms with Crippen molar-refractivity contribution in [1.29, 1.82) is 0 Å². The number of hydrogen-bond acceptors (Lipinski definition) is 4. The van der Waals surface area contributed by atoms with E-state index in [2.05, 4.69) is 4.98 Å². The van der Waals surface area contributed by atoms with Crippen LogP contribution in [0.3, 0.4) is 0 Å². The fourth-order valence-corrected chi connectivity index (χ4v) is 1.68. The molecule has 4 heteroatoms. The van der Waals surface area contributed by atoms with Crippen molar-refractivity contribution in [3.05, 3.63) is 36.0 Å². The molecule has 0 fully saturated rings. The van der Waals surface area contributed by atoms with Crippen molar-refractivity contribution in [3.8, 4) is 5.75 Å². The van der Waals surface area contributed by atoms with Crippen molar-refractivity contribution in [1.82, 2.24) is 4.98 Å². The van der Waals surface area contributed by atoms with E-state index in [0.717, 1.165) is 16.7 Å². The molecule has 0 bridgehead atoms. The molecule has 0 aliphatic rings. The summed E-state index contributed by atoms with van der Waals surface area (Å²) < 4.78 is 10.3. The van der Waals surface area contributed by atoms with Crippen molar-refractivity contribution >= 4 is 16.9 Å². The van der Waals surface area contributed by atoms with Crippen molar-refractivity contribution in [2.75, 3.05) is 13.2 Å². The summed E-state index contributed by atoms with van der Waals surface area (Å²) in [6, 6.07) is 7.38. The zero-order valence-corrected chi connectivity index (χ0v) is 10.5. The standard InChI is InChI=1S/C14H15NO3/c1-3-17-12-6-5-10-7-11(14(16)18-4-2)9-15-13(10)8-12/h5-9H,3-4H2,1-2H3. The number of aromatic nitrogens is 1. The maximum atomic E-state index is 11.6. The quantitative estimate of drug-likeness (QED) is 0.777. The third-order valence-electron chi connectivity index (χ3n) is 2.48. The lowest BCUT2D eigenvalue weighted by molar-refractivity contribution is 0.0526. The van der Waals surface area contributed by atoms with Crippen LogP contribution in [0.25, 0.3) is 10.9 Å². The normalized spacial score (nSPS) is 10.3. The Morgan fingerprint density at radius 1 is 1.22 bits per heavy atom. The predicted octanol–water partition coefficient (Wildman–Crippen LogP) is 2.81. The molecule has 0 aliphatic heterocycles. The van der Waals surface area contributed by atoms with Gasteiger partial charge >= 0.3 is 5.97 Å². The van der Waals surface area contributed by atoms with Gasteiger partial charge in [-0.05, 0) is 32.0 Å². The van der Waals surface area contributed by atoms with Gasteiger partial charge in [0.15, 0.2) is 0 Å². The molecule has 0 N–H and O–H groups in total. The van der Waals surface area contributed by atoms with Crippen molar-refractivity contribution in [2.45, 2.75) is 13.8 Å². The van der Waals surface area contributed by atoms with Crippen LogP contribution >= 0.6 is 0 Å². The Hall–Kier alpha value is -2.10. The second-order valence-corrected chi connectivity index (χ2v) is 3.73. The van der Waals surface area contributed by atoms with Gasteiger partial charge in [-0.2, -0.15) is 0 Å². The molecule has 1 heterocycles. The van der Waals surface area contributed by atoms with E-state index in [1.807, 2.05) is 25.1 Å². The Morgan fingerprint density at radius 3 is 2.78 bits per heavy atom. The summed E-state index contributed by atoms with van der Waals surface area (Å²) in [6.45, 7) is 4.69. The topological polar surface area (TPSA) is 48.4 Å². The number of fused-ring (bicyclic) bond motifs is 1. The average molecular weight is 245 g/mol. The number of carbonyl (C=O) groups is 1. The number of carbonyl (C=O) groups excluding carboxylic acids is 1. The van der Waals surface area contributed by atoms with E-state index in [9.17, 15) is 4.79 Å². The van der Waals surface area contributed by atoms with Crippen LogP contribution < -0.4 is 4.74 Å². The molecule has 0 saturated heterocycles. The van der Waals surface area contributed by atoms with E-state index in [0.29, 0.717) is 18.8 Å². The van der Waals surface area contributed by atoms with Crippen molar-refractivity contribution in [3.63, 3.8) is 0 Å². The highest BCUT2D eigenvalue weighted by Gasteiger charge is 2.08. The van der Waals surface area contributed by atoms with Gasteiger partial charge in [0.25, 0.3) is 0 Å². The second kappa shape index (κ2) is 5.49. The minimum Gasteiger partial charge on any atom is -0.494 e. The molecule has 0 amide bonds. The zero-order chi connectivity index (χ0) is 13.0. The first-order chi connectivity index (χ1) is 8.74. The third kappa shape index (κ3) is 2.59. The Labute approximate surface area is 106 Å². The summed E-state index contributed by atoms with van der Waals surface area (Å²) in [5.41, 5.74) is 1.27. The monoisotopic (exact) mass is 245 g/mol. The van der Waals surface area contributed by atoms with Gasteiger partial charge in [0.1, 0.15) is 5.75 Å². The number of esters is 1. The molecule has 1 aromatic carbocycles. The molecular weight excluding hydrogens is 230 g/mol. The number of benzene rings is 1. The molecule has 0 unspecified atom stereocenters. The Kier molecular flexibility index (Phi) is 3.77. The van der Waals surface area contributed by atoms with Gasteiger partial charge in [-0.25, -0.2) is 4.79 Å². The molecule has 0 saturated carbocycles. The minimum atomic E-state index is -0.346. The zero-order valence-electron chi connectivity index (χ0n) is 10.5. The molecule has 2 rings (SSSR count). The van der Waals surface area contributed by atoms with Crippen molar-refractivity contribution < 1.29 is 14.3 Å². The highest BCUT2D eigenvalue weighted by atomic mass is 16.5. The van der Waals surface area contributed by atoms with Gasteiger partial charge in [0, 0.05) is 17.6 Å². The fraction of sp³-hybridized carbons (Fsp3) is 0.286. The van der Waals surface area contributed by atoms with E-state index in [-0.39, 0.29) is 5.97 Å². The van der Waals surface area contributed by atoms with E-state index in [4.69, 9.17) is 9.47 Å². The number of ether oxygens (including phenoxy) is 2. The van der Waals surface area contributed by atoms with Gasteiger partial charge < -0.3 is 9.47 Å². The first-order valence-electron chi connectivity index (χ1n) is 5.94. The molecule has 4 nitrogen and oxygen atoms in total. The van der Waals surface area contributed by atoms with Crippen LogP contribution in [-0.4, -0.2) is 24.2 Å². The number of hydrogen-bond donors (Lipinski definition) is 0. The van der Waals surface area contributed by atoms with E-state index >= 15 is 0 Å². The fourth-order valence-electron chi connectivity index (χ4n) is 1.68. The minimum absolute atomic E-state index is 0.346. The Bertz CT molecular complexity index is 566. The lowest BCUT2D eigenvalue weighted by atomic mass is 10.1. The molecule has 0 radical (unpaired) electrons. The van der Waals surface area contributed by atoms with E-state index < -0.39 is 0 Å². The van der Waals surface area contributed by atoms with Gasteiger partial charge in [-0.15, -0.1) is 0 Å². The van der Waals surface area contributed by atoms with Gasteiger partial charge in [0.2, 0.25) is 0 Å². The maximum absolute atomic E-state index is 11.6. The SMILES string of the molecule is CCOC(=O)c1cnc2cc(OCC)ccc2c1. The molecule has 18 heavy (non-hydrogen) atoms. The lowest BCUT2D eigenvalue weighted by Gasteiger charge is -2.05. The van der Waals surface area contributed by atoms with Crippen LogP contribution in [0.1, 0.15) is 24.2 Å². The molecule has 94 valence electrons. The lowest BCUT2D eigenvalue weighted by Crippen LogP contribution is -2.05. The number of pyridine rings is 1. The molecule has 1 aromatic heterocycles. The highest BCUT2D eigenvalue weighted by molar-refractivity contribution is 5.93. The van der Waals surface area contributed by atoms with Crippen LogP contribution in [0.15, 0.2) is 30.5 Å². The molecule has 2 aromatic rings. The van der Waals surface area contributed by atoms with E-state index in [1.165, 1.54) is 6.20 Å². The Balaban J connectivity index is 2.35. The van der Waals surface area contributed by atoms with Gasteiger partial charge in [0.05, 0.1) is 24.3 Å². The number of rotatable bonds is 4. The first kappa shape index (κ1) is 12.4. The third-order valence-corrected chi connectivity index (χ3v) is 2.48. The highest BCUT2D eigenvalue weighted by Crippen LogP contribution is 2.20. The van der Waals surface area contributed by atoms with Crippen molar-refractivity contribution in [2.24, 2.45) is 0 Å². The van der Waals surface area contributed by atoms with Crippen LogP contribution in [0.4, 0.5) is 0 Å². The molecule has 0 aliphatic carbocycles. The second-order valence-electron chi connectivity index (χ2n) is 3.73. The smallest absolute Gasteiger partial charge is 0.339 e. The molecular formula is C14H15NO3. The number of nitrogens with zero attached hydrogens (tertiary/aromatic N) is 1. The van der Waals surface area contributed by atoms with E-state index in [1.54, 1.807) is 13.0 Å². The summed E-state index contributed by atoms with van der Waals surface area (Å²) in [6.07, 6.45) is 1.52. The summed E-state index contributed by atoms with van der Waals surface area (Å²) in [5.74, 6) is 0.433. The largest absolute Gasteiger partial charge is 0.494 e. The Morgan fingerprint density at radius 2 is 2.06 bits per heavy atom. The van der Waals surface area contributed by atoms with Crippen LogP contribution in [0.5, 0.6) is 5.75 Å².